The summed E-state index contributed by atoms with van der Waals surface area (Å²) in [6.07, 6.45) is 2.76. The molecule has 6 rings (SSSR count). The van der Waals surface area contributed by atoms with Crippen LogP contribution in [0.15, 0.2) is 22.1 Å². The van der Waals surface area contributed by atoms with Crippen LogP contribution in [0.25, 0.3) is 11.7 Å². The van der Waals surface area contributed by atoms with Gasteiger partial charge in [-0.15, -0.1) is 0 Å². The van der Waals surface area contributed by atoms with E-state index in [-0.39, 0.29) is 42.5 Å². The molecule has 0 saturated heterocycles. The Kier molecular flexibility index (Phi) is 5.72. The molecular formula is C24H27F3N8O3. The summed E-state index contributed by atoms with van der Waals surface area (Å²) in [6, 6.07) is 1.76. The van der Waals surface area contributed by atoms with Crippen molar-refractivity contribution in [1.82, 2.24) is 29.9 Å². The second kappa shape index (κ2) is 8.88. The SMILES string of the molecule is O=C(NC1CCC(Nc2cc(=NC3CC3)n3nc/c(=C\c4[nH]c(=O)[nH]c4O)c3n2)CC1)C1(C(F)(F)F)CC1. The van der Waals surface area contributed by atoms with Crippen molar-refractivity contribution in [2.75, 3.05) is 5.32 Å². The molecule has 3 heterocycles. The van der Waals surface area contributed by atoms with E-state index in [1.54, 1.807) is 16.8 Å². The molecule has 5 N–H and O–H groups in total. The number of H-pyrrole nitrogens is 2. The molecule has 0 bridgehead atoms. The van der Waals surface area contributed by atoms with Gasteiger partial charge in [0.05, 0.1) is 12.2 Å². The molecule has 0 unspecified atom stereocenters. The second-order valence-corrected chi connectivity index (χ2v) is 10.4. The Morgan fingerprint density at radius 1 is 1.16 bits per heavy atom. The van der Waals surface area contributed by atoms with Gasteiger partial charge in [-0.3, -0.25) is 14.8 Å². The summed E-state index contributed by atoms with van der Waals surface area (Å²) in [4.78, 5) is 38.1. The first-order chi connectivity index (χ1) is 18.1. The molecule has 11 nitrogen and oxygen atoms in total. The molecule has 3 saturated carbocycles. The number of nitrogens with zero attached hydrogens (tertiary/aromatic N) is 4. The lowest BCUT2D eigenvalue weighted by molar-refractivity contribution is -0.192. The number of anilines is 1. The Hall–Kier alpha value is -3.84. The molecule has 1 amide bonds. The standard InChI is InChI=1S/C24H27F3N8O3/c25-24(26,27)23(7-8-23)21(37)31-15-5-1-13(2-6-15)29-17-10-18(30-14-3-4-14)35-19(33-17)12(11-28-35)9-16-20(36)34-22(38)32-16/h9-11,13-15,29,36H,1-8H2,(H,31,37)(H2,32,34,38)/b12-9+,30-18?. The molecule has 3 aliphatic carbocycles. The smallest absolute Gasteiger partial charge is 0.403 e. The molecule has 202 valence electrons. The van der Waals surface area contributed by atoms with Gasteiger partial charge in [-0.25, -0.2) is 9.78 Å². The summed E-state index contributed by atoms with van der Waals surface area (Å²) in [5, 5.41) is 20.9. The average Bonchev–Trinajstić information content (AvgIpc) is 3.77. The van der Waals surface area contributed by atoms with E-state index in [4.69, 9.17) is 9.98 Å². The highest BCUT2D eigenvalue weighted by atomic mass is 19.4. The van der Waals surface area contributed by atoms with Crippen molar-refractivity contribution < 1.29 is 23.1 Å². The van der Waals surface area contributed by atoms with Crippen LogP contribution in [0.5, 0.6) is 5.88 Å². The van der Waals surface area contributed by atoms with Gasteiger partial charge in [-0.2, -0.15) is 22.8 Å². The summed E-state index contributed by atoms with van der Waals surface area (Å²) in [6.45, 7) is 0. The third kappa shape index (κ3) is 4.63. The fourth-order valence-electron chi connectivity index (χ4n) is 4.95. The molecule has 0 spiro atoms. The van der Waals surface area contributed by atoms with E-state index in [0.29, 0.717) is 47.9 Å². The normalized spacial score (nSPS) is 24.1. The number of aromatic amines is 2. The third-order valence-corrected chi connectivity index (χ3v) is 7.52. The van der Waals surface area contributed by atoms with Gasteiger partial charge >= 0.3 is 11.9 Å². The molecule has 0 radical (unpaired) electrons. The number of amides is 1. The van der Waals surface area contributed by atoms with E-state index in [0.717, 1.165) is 12.8 Å². The minimum Gasteiger partial charge on any atom is -0.493 e. The largest absolute Gasteiger partial charge is 0.493 e. The van der Waals surface area contributed by atoms with Crippen molar-refractivity contribution in [1.29, 1.82) is 0 Å². The maximum Gasteiger partial charge on any atom is 0.403 e. The monoisotopic (exact) mass is 532 g/mol. The molecule has 0 aromatic carbocycles. The first-order valence-electron chi connectivity index (χ1n) is 12.7. The Balaban J connectivity index is 1.20. The van der Waals surface area contributed by atoms with Crippen LogP contribution in [-0.4, -0.2) is 59.9 Å². The number of carbonyl (C=O) groups is 1. The van der Waals surface area contributed by atoms with Gasteiger partial charge in [-0.1, -0.05) is 0 Å². The molecule has 38 heavy (non-hydrogen) atoms. The highest BCUT2D eigenvalue weighted by Gasteiger charge is 2.68. The van der Waals surface area contributed by atoms with Crippen molar-refractivity contribution >= 4 is 23.4 Å². The fourth-order valence-corrected chi connectivity index (χ4v) is 4.95. The number of hydrogen-bond acceptors (Lipinski definition) is 7. The van der Waals surface area contributed by atoms with Gasteiger partial charge in [0.1, 0.15) is 16.9 Å². The summed E-state index contributed by atoms with van der Waals surface area (Å²) in [5.74, 6) is -0.627. The number of aromatic nitrogens is 5. The number of hydrogen-bond donors (Lipinski definition) is 5. The van der Waals surface area contributed by atoms with E-state index in [1.807, 2.05) is 6.07 Å². The van der Waals surface area contributed by atoms with Crippen LogP contribution in [0.3, 0.4) is 0 Å². The minimum absolute atomic E-state index is 0.0183. The minimum atomic E-state index is -4.51. The highest BCUT2D eigenvalue weighted by molar-refractivity contribution is 5.86. The second-order valence-electron chi connectivity index (χ2n) is 10.4. The summed E-state index contributed by atoms with van der Waals surface area (Å²) in [5.41, 5.74) is -1.44. The zero-order valence-corrected chi connectivity index (χ0v) is 20.3. The van der Waals surface area contributed by atoms with Gasteiger partial charge in [0.25, 0.3) is 0 Å². The predicted molar refractivity (Wildman–Crippen MR) is 129 cm³/mol. The van der Waals surface area contributed by atoms with Crippen molar-refractivity contribution in [2.45, 2.75) is 75.7 Å². The fraction of sp³-hybridized carbons (Fsp3) is 0.542. The lowest BCUT2D eigenvalue weighted by atomic mass is 9.90. The molecule has 0 aliphatic heterocycles. The van der Waals surface area contributed by atoms with Crippen LogP contribution in [0.2, 0.25) is 0 Å². The van der Waals surface area contributed by atoms with Crippen LogP contribution in [-0.2, 0) is 4.79 Å². The molecule has 0 atom stereocenters. The maximum absolute atomic E-state index is 13.3. The molecular weight excluding hydrogens is 505 g/mol. The summed E-state index contributed by atoms with van der Waals surface area (Å²) in [7, 11) is 0. The maximum atomic E-state index is 13.3. The predicted octanol–water partition coefficient (Wildman–Crippen LogP) is 1.24. The van der Waals surface area contributed by atoms with Crippen LogP contribution in [0, 0.1) is 5.41 Å². The first kappa shape index (κ1) is 24.5. The van der Waals surface area contributed by atoms with Gasteiger partial charge in [0, 0.05) is 23.4 Å². The van der Waals surface area contributed by atoms with Crippen LogP contribution in [0.1, 0.15) is 57.1 Å². The van der Waals surface area contributed by atoms with E-state index in [9.17, 15) is 27.9 Å². The van der Waals surface area contributed by atoms with Gasteiger partial charge < -0.3 is 20.7 Å². The number of imidazole rings is 1. The summed E-state index contributed by atoms with van der Waals surface area (Å²) >= 11 is 0. The number of rotatable bonds is 6. The van der Waals surface area contributed by atoms with Crippen LogP contribution < -0.4 is 27.0 Å². The number of fused-ring (bicyclic) bond motifs is 1. The average molecular weight is 533 g/mol. The van der Waals surface area contributed by atoms with E-state index >= 15 is 0 Å². The first-order valence-corrected chi connectivity index (χ1v) is 12.7. The van der Waals surface area contributed by atoms with Gasteiger partial charge in [0.2, 0.25) is 11.8 Å². The number of aromatic hydroxyl groups is 1. The van der Waals surface area contributed by atoms with Gasteiger partial charge in [-0.05, 0) is 57.4 Å². The zero-order chi connectivity index (χ0) is 26.7. The summed E-state index contributed by atoms with van der Waals surface area (Å²) < 4.78 is 41.4. The number of alkyl halides is 3. The quantitative estimate of drug-likeness (QED) is 0.322. The Morgan fingerprint density at radius 2 is 1.87 bits per heavy atom. The van der Waals surface area contributed by atoms with E-state index in [1.165, 1.54) is 0 Å². The molecule has 3 aromatic heterocycles. The zero-order valence-electron chi connectivity index (χ0n) is 20.3. The third-order valence-electron chi connectivity index (χ3n) is 7.52. The van der Waals surface area contributed by atoms with Crippen molar-refractivity contribution in [3.8, 4) is 5.88 Å². The van der Waals surface area contributed by atoms with E-state index in [2.05, 4.69) is 25.7 Å². The van der Waals surface area contributed by atoms with Crippen LogP contribution >= 0.6 is 0 Å². The Bertz CT molecular complexity index is 1560. The van der Waals surface area contributed by atoms with Crippen LogP contribution in [0.4, 0.5) is 19.0 Å². The highest BCUT2D eigenvalue weighted by Crippen LogP contribution is 2.57. The van der Waals surface area contributed by atoms with Gasteiger partial charge in [0.15, 0.2) is 11.1 Å². The van der Waals surface area contributed by atoms with Crippen molar-refractivity contribution in [2.24, 2.45) is 10.4 Å². The molecule has 3 aliphatic rings. The topological polar surface area (TPSA) is 153 Å². The number of nitrogens with one attached hydrogen (secondary N) is 4. The molecule has 3 fully saturated rings. The number of halogens is 3. The Morgan fingerprint density at radius 3 is 2.47 bits per heavy atom. The van der Waals surface area contributed by atoms with E-state index < -0.39 is 23.2 Å². The van der Waals surface area contributed by atoms with Crippen molar-refractivity contribution in [3.05, 3.63) is 39.1 Å². The molecule has 3 aromatic rings. The Labute approximate surface area is 213 Å². The van der Waals surface area contributed by atoms with Crippen molar-refractivity contribution in [3.63, 3.8) is 0 Å². The number of carbonyl (C=O) groups excluding carboxylic acids is 1. The molecule has 14 heteroatoms. The lowest BCUT2D eigenvalue weighted by Gasteiger charge is -2.31. The lowest BCUT2D eigenvalue weighted by Crippen LogP contribution is -2.47.